The van der Waals surface area contributed by atoms with Crippen LogP contribution in [0.3, 0.4) is 0 Å². The van der Waals surface area contributed by atoms with Crippen molar-refractivity contribution in [3.05, 3.63) is 23.2 Å². The normalized spacial score (nSPS) is 9.62. The van der Waals surface area contributed by atoms with Crippen molar-refractivity contribution in [2.45, 2.75) is 6.92 Å². The molecule has 13 heavy (non-hydrogen) atoms. The van der Waals surface area contributed by atoms with Gasteiger partial charge in [0.15, 0.2) is 5.13 Å². The Balaban J connectivity index is 2.59. The molecular weight excluding hydrogens is 188 g/mol. The van der Waals surface area contributed by atoms with Gasteiger partial charge in [0.2, 0.25) is 0 Å². The third-order valence-corrected chi connectivity index (χ3v) is 2.20. The second-order valence-electron chi connectivity index (χ2n) is 2.65. The van der Waals surface area contributed by atoms with Gasteiger partial charge >= 0.3 is 5.97 Å². The molecule has 1 heterocycles. The smallest absolute Gasteiger partial charge is 0.347 e. The average Bonchev–Trinajstić information content (AvgIpc) is 2.48. The summed E-state index contributed by atoms with van der Waals surface area (Å²) in [6.07, 6.45) is 1.34. The summed E-state index contributed by atoms with van der Waals surface area (Å²) in [5.41, 5.74) is 0.979. The van der Waals surface area contributed by atoms with Crippen molar-refractivity contribution in [2.75, 3.05) is 11.9 Å². The first-order chi connectivity index (χ1) is 6.09. The molecule has 0 amide bonds. The van der Waals surface area contributed by atoms with E-state index in [0.717, 1.165) is 16.9 Å². The topological polar surface area (TPSA) is 62.2 Å². The molecule has 0 aliphatic heterocycles. The van der Waals surface area contributed by atoms with Gasteiger partial charge in [0.05, 0.1) is 6.20 Å². The molecule has 0 spiro atoms. The first-order valence-corrected chi connectivity index (χ1v) is 4.48. The second-order valence-corrected chi connectivity index (χ2v) is 3.68. The van der Waals surface area contributed by atoms with E-state index in [-0.39, 0.29) is 4.88 Å². The number of carbonyl (C=O) groups is 1. The molecule has 70 valence electrons. The van der Waals surface area contributed by atoms with Crippen LogP contribution in [-0.2, 0) is 0 Å². The number of hydrogen-bond acceptors (Lipinski definition) is 4. The average molecular weight is 198 g/mol. The van der Waals surface area contributed by atoms with Gasteiger partial charge in [0.1, 0.15) is 4.88 Å². The highest BCUT2D eigenvalue weighted by Crippen LogP contribution is 2.17. The molecule has 0 unspecified atom stereocenters. The summed E-state index contributed by atoms with van der Waals surface area (Å²) in [6, 6.07) is 0. The van der Waals surface area contributed by atoms with Gasteiger partial charge in [-0.05, 0) is 6.92 Å². The molecule has 1 aromatic heterocycles. The Bertz CT molecular complexity index is 333. The third kappa shape index (κ3) is 2.87. The lowest BCUT2D eigenvalue weighted by Crippen LogP contribution is -2.00. The maximum Gasteiger partial charge on any atom is 0.347 e. The minimum absolute atomic E-state index is 0.240. The highest BCUT2D eigenvalue weighted by molar-refractivity contribution is 7.17. The Morgan fingerprint density at radius 3 is 3.00 bits per heavy atom. The van der Waals surface area contributed by atoms with Crippen LogP contribution in [0.1, 0.15) is 16.6 Å². The molecule has 0 aliphatic rings. The number of nitrogens with one attached hydrogen (secondary N) is 1. The standard InChI is InChI=1S/C8H10N2O2S/c1-5(2)3-9-8-10-4-6(13-8)7(11)12/h4H,1,3H2,2H3,(H,9,10)(H,11,12). The van der Waals surface area contributed by atoms with Crippen molar-refractivity contribution in [1.82, 2.24) is 4.98 Å². The Kier molecular flexibility index (Phi) is 3.02. The van der Waals surface area contributed by atoms with Crippen LogP contribution in [0.25, 0.3) is 0 Å². The first kappa shape index (κ1) is 9.73. The number of rotatable bonds is 4. The predicted octanol–water partition coefficient (Wildman–Crippen LogP) is 1.83. The summed E-state index contributed by atoms with van der Waals surface area (Å²) in [7, 11) is 0. The van der Waals surface area contributed by atoms with Crippen LogP contribution in [0.5, 0.6) is 0 Å². The minimum atomic E-state index is -0.944. The number of thiazole rings is 1. The van der Waals surface area contributed by atoms with Crippen molar-refractivity contribution in [3.8, 4) is 0 Å². The van der Waals surface area contributed by atoms with Crippen LogP contribution in [0.2, 0.25) is 0 Å². The van der Waals surface area contributed by atoms with Gasteiger partial charge in [-0.25, -0.2) is 9.78 Å². The molecule has 4 nitrogen and oxygen atoms in total. The van der Waals surface area contributed by atoms with Crippen LogP contribution in [0, 0.1) is 0 Å². The highest BCUT2D eigenvalue weighted by atomic mass is 32.1. The summed E-state index contributed by atoms with van der Waals surface area (Å²) < 4.78 is 0. The SMILES string of the molecule is C=C(C)CNc1ncc(C(=O)O)s1. The Morgan fingerprint density at radius 2 is 2.54 bits per heavy atom. The number of carboxylic acid groups (broad SMARTS) is 1. The number of nitrogens with zero attached hydrogens (tertiary/aromatic N) is 1. The van der Waals surface area contributed by atoms with Crippen molar-refractivity contribution >= 4 is 22.4 Å². The monoisotopic (exact) mass is 198 g/mol. The highest BCUT2D eigenvalue weighted by Gasteiger charge is 2.07. The number of hydrogen-bond donors (Lipinski definition) is 2. The van der Waals surface area contributed by atoms with Crippen molar-refractivity contribution in [1.29, 1.82) is 0 Å². The van der Waals surface area contributed by atoms with Crippen LogP contribution >= 0.6 is 11.3 Å². The quantitative estimate of drug-likeness (QED) is 0.724. The Hall–Kier alpha value is -1.36. The summed E-state index contributed by atoms with van der Waals surface area (Å²) in [6.45, 7) is 6.22. The molecule has 2 N–H and O–H groups in total. The molecule has 1 rings (SSSR count). The van der Waals surface area contributed by atoms with Gasteiger partial charge in [-0.15, -0.1) is 0 Å². The molecule has 5 heteroatoms. The molecule has 0 aliphatic carbocycles. The fraction of sp³-hybridized carbons (Fsp3) is 0.250. The summed E-state index contributed by atoms with van der Waals surface area (Å²) in [4.78, 5) is 14.6. The number of aromatic carboxylic acids is 1. The molecule has 0 saturated heterocycles. The molecule has 0 saturated carbocycles. The maximum absolute atomic E-state index is 10.5. The predicted molar refractivity (Wildman–Crippen MR) is 52.4 cm³/mol. The zero-order valence-electron chi connectivity index (χ0n) is 7.20. The Labute approximate surface area is 79.9 Å². The zero-order chi connectivity index (χ0) is 9.84. The fourth-order valence-corrected chi connectivity index (χ4v) is 1.33. The summed E-state index contributed by atoms with van der Waals surface area (Å²) in [5, 5.41) is 12.2. The van der Waals surface area contributed by atoms with Gasteiger partial charge in [-0.2, -0.15) is 0 Å². The molecule has 0 bridgehead atoms. The molecular formula is C8H10N2O2S. The van der Waals surface area contributed by atoms with Crippen molar-refractivity contribution in [2.24, 2.45) is 0 Å². The molecule has 1 aromatic rings. The van der Waals surface area contributed by atoms with Gasteiger partial charge in [0, 0.05) is 6.54 Å². The minimum Gasteiger partial charge on any atom is -0.477 e. The first-order valence-electron chi connectivity index (χ1n) is 3.67. The fourth-order valence-electron chi connectivity index (χ4n) is 0.681. The van der Waals surface area contributed by atoms with E-state index < -0.39 is 5.97 Å². The molecule has 0 aromatic carbocycles. The van der Waals surface area contributed by atoms with E-state index in [2.05, 4.69) is 16.9 Å². The molecule has 0 radical (unpaired) electrons. The molecule has 0 atom stereocenters. The third-order valence-electron chi connectivity index (χ3n) is 1.26. The van der Waals surface area contributed by atoms with E-state index in [9.17, 15) is 4.79 Å². The van der Waals surface area contributed by atoms with E-state index >= 15 is 0 Å². The van der Waals surface area contributed by atoms with Crippen LogP contribution < -0.4 is 5.32 Å². The maximum atomic E-state index is 10.5. The van der Waals surface area contributed by atoms with E-state index in [1.165, 1.54) is 6.20 Å². The lowest BCUT2D eigenvalue weighted by Gasteiger charge is -1.99. The van der Waals surface area contributed by atoms with E-state index in [1.54, 1.807) is 0 Å². The molecule has 0 fully saturated rings. The van der Waals surface area contributed by atoms with E-state index in [4.69, 9.17) is 5.11 Å². The number of anilines is 1. The van der Waals surface area contributed by atoms with Gasteiger partial charge in [-0.1, -0.05) is 23.5 Å². The van der Waals surface area contributed by atoms with Crippen molar-refractivity contribution in [3.63, 3.8) is 0 Å². The van der Waals surface area contributed by atoms with Gasteiger partial charge in [-0.3, -0.25) is 0 Å². The lowest BCUT2D eigenvalue weighted by atomic mass is 10.4. The van der Waals surface area contributed by atoms with E-state index in [1.807, 2.05) is 6.92 Å². The summed E-state index contributed by atoms with van der Waals surface area (Å²) >= 11 is 1.12. The largest absolute Gasteiger partial charge is 0.477 e. The van der Waals surface area contributed by atoms with Gasteiger partial charge < -0.3 is 10.4 Å². The second kappa shape index (κ2) is 4.04. The lowest BCUT2D eigenvalue weighted by molar-refractivity contribution is 0.0702. The Morgan fingerprint density at radius 1 is 1.85 bits per heavy atom. The van der Waals surface area contributed by atoms with E-state index in [0.29, 0.717) is 11.7 Å². The summed E-state index contributed by atoms with van der Waals surface area (Å²) in [5.74, 6) is -0.944. The number of carboxylic acids is 1. The van der Waals surface area contributed by atoms with Crippen LogP contribution in [0.4, 0.5) is 5.13 Å². The van der Waals surface area contributed by atoms with Gasteiger partial charge in [0.25, 0.3) is 0 Å². The van der Waals surface area contributed by atoms with Crippen LogP contribution in [-0.4, -0.2) is 22.6 Å². The zero-order valence-corrected chi connectivity index (χ0v) is 8.02. The van der Waals surface area contributed by atoms with Crippen molar-refractivity contribution < 1.29 is 9.90 Å². The van der Waals surface area contributed by atoms with Crippen LogP contribution in [0.15, 0.2) is 18.3 Å². The number of aromatic nitrogens is 1.